The van der Waals surface area contributed by atoms with Crippen LogP contribution in [-0.2, 0) is 16.1 Å². The minimum Gasteiger partial charge on any atom is -0.455 e. The molecule has 1 aromatic heterocycles. The van der Waals surface area contributed by atoms with Gasteiger partial charge in [-0.15, -0.1) is 22.0 Å². The average molecular weight is 358 g/mol. The van der Waals surface area contributed by atoms with E-state index >= 15 is 0 Å². The lowest BCUT2D eigenvalue weighted by Crippen LogP contribution is -2.07. The van der Waals surface area contributed by atoms with Crippen molar-refractivity contribution < 1.29 is 18.3 Å². The fraction of sp³-hybridized carbons (Fsp3) is 0.167. The number of rotatable bonds is 6. The van der Waals surface area contributed by atoms with Gasteiger partial charge < -0.3 is 9.15 Å². The van der Waals surface area contributed by atoms with Gasteiger partial charge in [0, 0.05) is 10.5 Å². The van der Waals surface area contributed by atoms with Gasteiger partial charge in [0.25, 0.3) is 5.89 Å². The van der Waals surface area contributed by atoms with Crippen LogP contribution in [0.4, 0.5) is 4.39 Å². The average Bonchev–Trinajstić information content (AvgIpc) is 3.09. The number of carbonyl (C=O) groups excluding carboxylic acids is 1. The Hall–Kier alpha value is -2.67. The monoisotopic (exact) mass is 358 g/mol. The number of benzene rings is 2. The highest BCUT2D eigenvalue weighted by molar-refractivity contribution is 8.00. The van der Waals surface area contributed by atoms with E-state index in [1.807, 2.05) is 31.2 Å². The number of aryl methyl sites for hydroxylation is 1. The fourth-order valence-corrected chi connectivity index (χ4v) is 2.68. The van der Waals surface area contributed by atoms with Gasteiger partial charge in [-0.1, -0.05) is 17.7 Å². The molecule has 0 aliphatic rings. The van der Waals surface area contributed by atoms with Crippen molar-refractivity contribution in [2.45, 2.75) is 18.4 Å². The van der Waals surface area contributed by atoms with Crippen molar-refractivity contribution in [3.63, 3.8) is 0 Å². The molecule has 0 radical (unpaired) electrons. The molecule has 0 bridgehead atoms. The van der Waals surface area contributed by atoms with Crippen LogP contribution in [0.15, 0.2) is 57.8 Å². The largest absolute Gasteiger partial charge is 0.455 e. The molecule has 5 nitrogen and oxygen atoms in total. The van der Waals surface area contributed by atoms with Gasteiger partial charge in [0.2, 0.25) is 5.89 Å². The van der Waals surface area contributed by atoms with E-state index in [0.717, 1.165) is 16.0 Å². The van der Waals surface area contributed by atoms with Crippen LogP contribution in [0.2, 0.25) is 0 Å². The summed E-state index contributed by atoms with van der Waals surface area (Å²) in [5.74, 6) is 0.00414. The van der Waals surface area contributed by atoms with E-state index in [0.29, 0.717) is 5.89 Å². The predicted molar refractivity (Wildman–Crippen MR) is 91.4 cm³/mol. The smallest absolute Gasteiger partial charge is 0.316 e. The van der Waals surface area contributed by atoms with Gasteiger partial charge >= 0.3 is 5.97 Å². The molecule has 0 atom stereocenters. The first kappa shape index (κ1) is 17.2. The molecule has 0 N–H and O–H groups in total. The van der Waals surface area contributed by atoms with Crippen molar-refractivity contribution in [2.75, 3.05) is 5.75 Å². The molecule has 0 saturated heterocycles. The second kappa shape index (κ2) is 7.94. The Morgan fingerprint density at radius 1 is 1.12 bits per heavy atom. The topological polar surface area (TPSA) is 65.2 Å². The summed E-state index contributed by atoms with van der Waals surface area (Å²) in [6.45, 7) is 1.91. The minimum absolute atomic E-state index is 0.0817. The molecule has 0 amide bonds. The van der Waals surface area contributed by atoms with Gasteiger partial charge in [0.15, 0.2) is 6.61 Å². The second-order valence-electron chi connectivity index (χ2n) is 5.27. The Labute approximate surface area is 148 Å². The number of esters is 1. The van der Waals surface area contributed by atoms with Gasteiger partial charge in [-0.25, -0.2) is 4.39 Å². The molecular weight excluding hydrogens is 343 g/mol. The van der Waals surface area contributed by atoms with Gasteiger partial charge in [-0.2, -0.15) is 0 Å². The predicted octanol–water partition coefficient (Wildman–Crippen LogP) is 4.02. The van der Waals surface area contributed by atoms with Crippen LogP contribution < -0.4 is 0 Å². The highest BCUT2D eigenvalue weighted by Crippen LogP contribution is 2.20. The standard InChI is InChI=1S/C18H15FN2O3S/c1-12-2-4-13(5-3-12)18-21-20-16(24-18)10-23-17(22)11-25-15-8-6-14(19)7-9-15/h2-9H,10-11H2,1H3. The lowest BCUT2D eigenvalue weighted by Gasteiger charge is -2.02. The van der Waals surface area contributed by atoms with Crippen LogP contribution in [0, 0.1) is 12.7 Å². The number of aromatic nitrogens is 2. The summed E-state index contributed by atoms with van der Waals surface area (Å²) >= 11 is 1.27. The second-order valence-corrected chi connectivity index (χ2v) is 6.32. The fourth-order valence-electron chi connectivity index (χ4n) is 1.98. The lowest BCUT2D eigenvalue weighted by molar-refractivity contribution is -0.142. The van der Waals surface area contributed by atoms with Gasteiger partial charge in [-0.3, -0.25) is 4.79 Å². The summed E-state index contributed by atoms with van der Waals surface area (Å²) in [5.41, 5.74) is 1.94. The molecular formula is C18H15FN2O3S. The number of carbonyl (C=O) groups is 1. The maximum atomic E-state index is 12.8. The quantitative estimate of drug-likeness (QED) is 0.490. The Balaban J connectivity index is 1.49. The molecule has 25 heavy (non-hydrogen) atoms. The van der Waals surface area contributed by atoms with E-state index in [4.69, 9.17) is 9.15 Å². The first-order valence-electron chi connectivity index (χ1n) is 7.53. The number of hydrogen-bond acceptors (Lipinski definition) is 6. The summed E-state index contributed by atoms with van der Waals surface area (Å²) in [4.78, 5) is 12.6. The van der Waals surface area contributed by atoms with Crippen molar-refractivity contribution in [1.82, 2.24) is 10.2 Å². The molecule has 0 spiro atoms. The Kier molecular flexibility index (Phi) is 5.45. The highest BCUT2D eigenvalue weighted by atomic mass is 32.2. The maximum absolute atomic E-state index is 12.8. The third-order valence-corrected chi connectivity index (χ3v) is 4.28. The molecule has 3 rings (SSSR count). The highest BCUT2D eigenvalue weighted by Gasteiger charge is 2.11. The van der Waals surface area contributed by atoms with Crippen LogP contribution in [0.25, 0.3) is 11.5 Å². The molecule has 0 unspecified atom stereocenters. The molecule has 3 aromatic rings. The molecule has 0 aliphatic carbocycles. The van der Waals surface area contributed by atoms with E-state index in [9.17, 15) is 9.18 Å². The molecule has 1 heterocycles. The minimum atomic E-state index is -0.413. The van der Waals surface area contributed by atoms with Crippen molar-refractivity contribution in [3.05, 3.63) is 65.8 Å². The van der Waals surface area contributed by atoms with Crippen LogP contribution in [0.3, 0.4) is 0 Å². The summed E-state index contributed by atoms with van der Waals surface area (Å²) in [6, 6.07) is 13.6. The molecule has 7 heteroatoms. The van der Waals surface area contributed by atoms with Crippen LogP contribution >= 0.6 is 11.8 Å². The zero-order chi connectivity index (χ0) is 17.6. The molecule has 0 aliphatic heterocycles. The summed E-state index contributed by atoms with van der Waals surface area (Å²) in [7, 11) is 0. The van der Waals surface area contributed by atoms with E-state index < -0.39 is 5.97 Å². The summed E-state index contributed by atoms with van der Waals surface area (Å²) in [5, 5.41) is 7.82. The van der Waals surface area contributed by atoms with Gasteiger partial charge in [-0.05, 0) is 43.3 Å². The van der Waals surface area contributed by atoms with Crippen molar-refractivity contribution in [3.8, 4) is 11.5 Å². The number of ether oxygens (including phenoxy) is 1. The number of hydrogen-bond donors (Lipinski definition) is 0. The molecule has 0 fully saturated rings. The number of nitrogens with zero attached hydrogens (tertiary/aromatic N) is 2. The Morgan fingerprint density at radius 3 is 2.56 bits per heavy atom. The van der Waals surface area contributed by atoms with Crippen molar-refractivity contribution >= 4 is 17.7 Å². The Bertz CT molecular complexity index is 848. The van der Waals surface area contributed by atoms with E-state index in [1.54, 1.807) is 12.1 Å². The van der Waals surface area contributed by atoms with E-state index in [2.05, 4.69) is 10.2 Å². The van der Waals surface area contributed by atoms with Crippen LogP contribution in [0.5, 0.6) is 0 Å². The molecule has 128 valence electrons. The molecule has 0 saturated carbocycles. The zero-order valence-electron chi connectivity index (χ0n) is 13.4. The number of halogens is 1. The Morgan fingerprint density at radius 2 is 1.84 bits per heavy atom. The molecule has 2 aromatic carbocycles. The first-order valence-corrected chi connectivity index (χ1v) is 8.52. The van der Waals surface area contributed by atoms with E-state index in [-0.39, 0.29) is 24.1 Å². The summed E-state index contributed by atoms with van der Waals surface area (Å²) < 4.78 is 23.4. The summed E-state index contributed by atoms with van der Waals surface area (Å²) in [6.07, 6.45) is 0. The zero-order valence-corrected chi connectivity index (χ0v) is 14.3. The van der Waals surface area contributed by atoms with Gasteiger partial charge in [0.05, 0.1) is 5.75 Å². The van der Waals surface area contributed by atoms with Gasteiger partial charge in [0.1, 0.15) is 5.82 Å². The van der Waals surface area contributed by atoms with Crippen LogP contribution in [-0.4, -0.2) is 21.9 Å². The SMILES string of the molecule is Cc1ccc(-c2nnc(COC(=O)CSc3ccc(F)cc3)o2)cc1. The van der Waals surface area contributed by atoms with Crippen molar-refractivity contribution in [1.29, 1.82) is 0 Å². The van der Waals surface area contributed by atoms with Crippen LogP contribution in [0.1, 0.15) is 11.5 Å². The third kappa shape index (κ3) is 4.90. The first-order chi connectivity index (χ1) is 12.1. The van der Waals surface area contributed by atoms with Crippen molar-refractivity contribution in [2.24, 2.45) is 0 Å². The lowest BCUT2D eigenvalue weighted by atomic mass is 10.1. The normalized spacial score (nSPS) is 10.6. The maximum Gasteiger partial charge on any atom is 0.316 e. The third-order valence-electron chi connectivity index (χ3n) is 3.29. The van der Waals surface area contributed by atoms with E-state index in [1.165, 1.54) is 23.9 Å². The number of thioether (sulfide) groups is 1.